The van der Waals surface area contributed by atoms with Crippen LogP contribution in [0.5, 0.6) is 0 Å². The topological polar surface area (TPSA) is 140 Å². The van der Waals surface area contributed by atoms with Gasteiger partial charge in [-0.05, 0) is 42.4 Å². The SMILES string of the molecule is CC[C@H](C)[C@H](NC(=S)Nc1ccc(S(N)(=O)=O)cc1)C(=O)OCC(=O)NC. The van der Waals surface area contributed by atoms with Gasteiger partial charge in [-0.2, -0.15) is 0 Å². The molecule has 2 atom stereocenters. The van der Waals surface area contributed by atoms with Gasteiger partial charge in [0.05, 0.1) is 4.90 Å². The van der Waals surface area contributed by atoms with Crippen LogP contribution in [0.3, 0.4) is 0 Å². The average Bonchev–Trinajstić information content (AvgIpc) is 2.62. The number of esters is 1. The molecule has 11 heteroatoms. The van der Waals surface area contributed by atoms with Crippen molar-refractivity contribution in [2.75, 3.05) is 19.0 Å². The first-order valence-electron chi connectivity index (χ1n) is 8.16. The maximum absolute atomic E-state index is 12.3. The van der Waals surface area contributed by atoms with Crippen molar-refractivity contribution in [3.05, 3.63) is 24.3 Å². The number of amides is 1. The number of nitrogens with one attached hydrogen (secondary N) is 3. The van der Waals surface area contributed by atoms with Gasteiger partial charge in [0.15, 0.2) is 11.7 Å². The number of carbonyl (C=O) groups excluding carboxylic acids is 2. The van der Waals surface area contributed by atoms with Crippen molar-refractivity contribution in [1.29, 1.82) is 0 Å². The summed E-state index contributed by atoms with van der Waals surface area (Å²) in [6.07, 6.45) is 0.679. The van der Waals surface area contributed by atoms with E-state index in [0.29, 0.717) is 12.1 Å². The molecule has 0 aromatic heterocycles. The Bertz CT molecular complexity index is 781. The summed E-state index contributed by atoms with van der Waals surface area (Å²) in [6.45, 7) is 3.38. The molecule has 0 heterocycles. The fourth-order valence-corrected chi connectivity index (χ4v) is 2.76. The smallest absolute Gasteiger partial charge is 0.329 e. The summed E-state index contributed by atoms with van der Waals surface area (Å²) in [4.78, 5) is 23.5. The summed E-state index contributed by atoms with van der Waals surface area (Å²) in [7, 11) is -2.33. The molecule has 1 aromatic rings. The van der Waals surface area contributed by atoms with Crippen LogP contribution < -0.4 is 21.1 Å². The lowest BCUT2D eigenvalue weighted by molar-refractivity contribution is -0.151. The number of hydrogen-bond donors (Lipinski definition) is 4. The van der Waals surface area contributed by atoms with Crippen molar-refractivity contribution >= 4 is 44.9 Å². The van der Waals surface area contributed by atoms with Crippen molar-refractivity contribution in [3.63, 3.8) is 0 Å². The lowest BCUT2D eigenvalue weighted by atomic mass is 9.99. The van der Waals surface area contributed by atoms with Gasteiger partial charge in [-0.25, -0.2) is 18.4 Å². The molecular formula is C16H24N4O5S2. The molecule has 1 amide bonds. The highest BCUT2D eigenvalue weighted by molar-refractivity contribution is 7.89. The molecule has 0 bridgehead atoms. The van der Waals surface area contributed by atoms with Gasteiger partial charge in [-0.3, -0.25) is 4.79 Å². The minimum absolute atomic E-state index is 0.0258. The van der Waals surface area contributed by atoms with E-state index >= 15 is 0 Å². The quantitative estimate of drug-likeness (QED) is 0.351. The number of benzene rings is 1. The first-order valence-corrected chi connectivity index (χ1v) is 10.1. The number of primary sulfonamides is 1. The number of sulfonamides is 1. The molecule has 1 rings (SSSR count). The van der Waals surface area contributed by atoms with Crippen molar-refractivity contribution in [3.8, 4) is 0 Å². The van der Waals surface area contributed by atoms with Gasteiger partial charge in [0.25, 0.3) is 5.91 Å². The van der Waals surface area contributed by atoms with E-state index in [1.54, 1.807) is 0 Å². The molecule has 1 aromatic carbocycles. The maximum atomic E-state index is 12.3. The summed E-state index contributed by atoms with van der Waals surface area (Å²) in [5, 5.41) is 13.3. The average molecular weight is 417 g/mol. The molecule has 0 unspecified atom stereocenters. The third kappa shape index (κ3) is 7.49. The Balaban J connectivity index is 2.76. The molecule has 0 fully saturated rings. The second kappa shape index (κ2) is 10.2. The third-order valence-corrected chi connectivity index (χ3v) is 4.97. The second-order valence-electron chi connectivity index (χ2n) is 5.81. The Labute approximate surface area is 164 Å². The Morgan fingerprint density at radius 1 is 1.26 bits per heavy atom. The minimum atomic E-state index is -3.78. The molecule has 0 saturated heterocycles. The summed E-state index contributed by atoms with van der Waals surface area (Å²) < 4.78 is 27.5. The summed E-state index contributed by atoms with van der Waals surface area (Å²) in [6, 6.07) is 4.92. The number of hydrogen-bond acceptors (Lipinski definition) is 6. The molecule has 0 aliphatic rings. The van der Waals surface area contributed by atoms with Gasteiger partial charge in [0, 0.05) is 12.7 Å². The van der Waals surface area contributed by atoms with Crippen LogP contribution in [-0.4, -0.2) is 45.1 Å². The van der Waals surface area contributed by atoms with Crippen molar-refractivity contribution in [2.45, 2.75) is 31.2 Å². The van der Waals surface area contributed by atoms with Crippen molar-refractivity contribution < 1.29 is 22.7 Å². The predicted molar refractivity (Wildman–Crippen MR) is 105 cm³/mol. The van der Waals surface area contributed by atoms with Crippen LogP contribution in [0.4, 0.5) is 5.69 Å². The zero-order chi connectivity index (χ0) is 20.6. The van der Waals surface area contributed by atoms with E-state index in [4.69, 9.17) is 22.1 Å². The molecule has 0 aliphatic carbocycles. The minimum Gasteiger partial charge on any atom is -0.454 e. The molecule has 0 radical (unpaired) electrons. The monoisotopic (exact) mass is 416 g/mol. The number of likely N-dealkylation sites (N-methyl/N-ethyl adjacent to an activating group) is 1. The third-order valence-electron chi connectivity index (χ3n) is 3.82. The molecule has 9 nitrogen and oxygen atoms in total. The van der Waals surface area contributed by atoms with Crippen LogP contribution in [0.15, 0.2) is 29.2 Å². The Morgan fingerprint density at radius 3 is 2.33 bits per heavy atom. The van der Waals surface area contributed by atoms with Crippen LogP contribution in [0.2, 0.25) is 0 Å². The van der Waals surface area contributed by atoms with Crippen molar-refractivity contribution in [2.24, 2.45) is 11.1 Å². The van der Waals surface area contributed by atoms with E-state index in [0.717, 1.165) is 0 Å². The van der Waals surface area contributed by atoms with Gasteiger partial charge < -0.3 is 20.7 Å². The van der Waals surface area contributed by atoms with Gasteiger partial charge in [0.1, 0.15) is 6.04 Å². The zero-order valence-electron chi connectivity index (χ0n) is 15.3. The molecule has 150 valence electrons. The first kappa shape index (κ1) is 22.8. The zero-order valence-corrected chi connectivity index (χ0v) is 16.9. The van der Waals surface area contributed by atoms with Crippen LogP contribution >= 0.6 is 12.2 Å². The van der Waals surface area contributed by atoms with Gasteiger partial charge in [-0.1, -0.05) is 20.3 Å². The number of anilines is 1. The predicted octanol–water partition coefficient (Wildman–Crippen LogP) is 0.324. The van der Waals surface area contributed by atoms with Crippen LogP contribution in [0.1, 0.15) is 20.3 Å². The largest absolute Gasteiger partial charge is 0.454 e. The Kier molecular flexibility index (Phi) is 8.60. The molecule has 0 spiro atoms. The van der Waals surface area contributed by atoms with Crippen molar-refractivity contribution in [1.82, 2.24) is 10.6 Å². The molecule has 0 aliphatic heterocycles. The maximum Gasteiger partial charge on any atom is 0.329 e. The van der Waals surface area contributed by atoms with Gasteiger partial charge in [0.2, 0.25) is 10.0 Å². The fraction of sp³-hybridized carbons (Fsp3) is 0.438. The number of rotatable bonds is 8. The lowest BCUT2D eigenvalue weighted by Crippen LogP contribution is -2.48. The highest BCUT2D eigenvalue weighted by Gasteiger charge is 2.27. The number of ether oxygens (including phenoxy) is 1. The molecular weight excluding hydrogens is 392 g/mol. The fourth-order valence-electron chi connectivity index (χ4n) is 2.00. The van der Waals surface area contributed by atoms with Crippen LogP contribution in [0.25, 0.3) is 0 Å². The van der Waals surface area contributed by atoms with E-state index < -0.39 is 27.9 Å². The summed E-state index contributed by atoms with van der Waals surface area (Å²) >= 11 is 5.21. The Hall–Kier alpha value is -2.24. The molecule has 0 saturated carbocycles. The van der Waals surface area contributed by atoms with Gasteiger partial charge >= 0.3 is 5.97 Å². The van der Waals surface area contributed by atoms with Gasteiger partial charge in [-0.15, -0.1) is 0 Å². The summed E-state index contributed by atoms with van der Waals surface area (Å²) in [5.74, 6) is -1.12. The summed E-state index contributed by atoms with van der Waals surface area (Å²) in [5.41, 5.74) is 0.515. The van der Waals surface area contributed by atoms with E-state index in [2.05, 4.69) is 16.0 Å². The second-order valence-corrected chi connectivity index (χ2v) is 7.78. The lowest BCUT2D eigenvalue weighted by Gasteiger charge is -2.24. The Morgan fingerprint density at radius 2 is 1.85 bits per heavy atom. The highest BCUT2D eigenvalue weighted by atomic mass is 32.2. The van der Waals surface area contributed by atoms with Crippen LogP contribution in [-0.2, 0) is 24.3 Å². The standard InChI is InChI=1S/C16H24N4O5S2/c1-4-10(2)14(15(22)25-9-13(21)18-3)20-16(26)19-11-5-7-12(8-6-11)27(17,23)24/h5-8,10,14H,4,9H2,1-3H3,(H,18,21)(H2,17,23,24)(H2,19,20,26)/t10-,14-/m0/s1. The number of thiocarbonyl (C=S) groups is 1. The van der Waals surface area contributed by atoms with E-state index in [1.165, 1.54) is 31.3 Å². The van der Waals surface area contributed by atoms with E-state index in [1.807, 2.05) is 13.8 Å². The first-order chi connectivity index (χ1) is 12.6. The van der Waals surface area contributed by atoms with E-state index in [9.17, 15) is 18.0 Å². The molecule has 27 heavy (non-hydrogen) atoms. The molecule has 5 N–H and O–H groups in total. The number of nitrogens with two attached hydrogens (primary N) is 1. The highest BCUT2D eigenvalue weighted by Crippen LogP contribution is 2.14. The number of carbonyl (C=O) groups is 2. The van der Waals surface area contributed by atoms with Crippen LogP contribution in [0, 0.1) is 5.92 Å². The normalized spacial score (nSPS) is 13.2. The van der Waals surface area contributed by atoms with E-state index in [-0.39, 0.29) is 22.5 Å².